The van der Waals surface area contributed by atoms with Crippen LogP contribution >= 0.6 is 23.8 Å². The van der Waals surface area contributed by atoms with E-state index in [1.54, 1.807) is 0 Å². The van der Waals surface area contributed by atoms with Gasteiger partial charge in [0.15, 0.2) is 9.84 Å². The van der Waals surface area contributed by atoms with Gasteiger partial charge in [0, 0.05) is 35.4 Å². The standard InChI is InChI=1S/C22H18ClF2N3O4S2/c23-14-2-5-16(6-3-14)34(31,32)20(17-11-15(24)4-7-18(17)25)19-8-1-13(12-28-19)21(33)26-9-10-27-22(29)30/h1-8,11-12,20,27H,9-10H2,(H,26,33)(H,29,30). The van der Waals surface area contributed by atoms with Gasteiger partial charge in [-0.3, -0.25) is 4.98 Å². The molecule has 0 aliphatic heterocycles. The van der Waals surface area contributed by atoms with Crippen LogP contribution in [-0.2, 0) is 9.84 Å². The summed E-state index contributed by atoms with van der Waals surface area (Å²) in [5, 5.41) is 12.3. The molecule has 1 amide bonds. The summed E-state index contributed by atoms with van der Waals surface area (Å²) in [6.07, 6.45) is 0.132. The van der Waals surface area contributed by atoms with Crippen LogP contribution in [0.25, 0.3) is 0 Å². The molecule has 0 saturated heterocycles. The molecule has 1 aromatic heterocycles. The van der Waals surface area contributed by atoms with Crippen molar-refractivity contribution >= 4 is 44.7 Å². The highest BCUT2D eigenvalue weighted by Gasteiger charge is 2.34. The van der Waals surface area contributed by atoms with Crippen molar-refractivity contribution < 1.29 is 27.1 Å². The number of hydrogen-bond donors (Lipinski definition) is 3. The Labute approximate surface area is 204 Å². The molecule has 0 fully saturated rings. The van der Waals surface area contributed by atoms with E-state index < -0.39 is 38.4 Å². The molecule has 178 valence electrons. The summed E-state index contributed by atoms with van der Waals surface area (Å²) in [5.41, 5.74) is -0.00868. The van der Waals surface area contributed by atoms with E-state index in [9.17, 15) is 22.0 Å². The van der Waals surface area contributed by atoms with Crippen molar-refractivity contribution in [2.75, 3.05) is 13.1 Å². The van der Waals surface area contributed by atoms with Crippen LogP contribution in [0.1, 0.15) is 22.1 Å². The highest BCUT2D eigenvalue weighted by molar-refractivity contribution is 7.91. The van der Waals surface area contributed by atoms with E-state index in [1.807, 2.05) is 0 Å². The predicted molar refractivity (Wildman–Crippen MR) is 127 cm³/mol. The summed E-state index contributed by atoms with van der Waals surface area (Å²) < 4.78 is 55.6. The number of carboxylic acid groups (broad SMARTS) is 1. The summed E-state index contributed by atoms with van der Waals surface area (Å²) in [6.45, 7) is 0.330. The van der Waals surface area contributed by atoms with Gasteiger partial charge in [-0.1, -0.05) is 23.8 Å². The lowest BCUT2D eigenvalue weighted by Crippen LogP contribution is -2.33. The molecule has 3 aromatic rings. The number of benzene rings is 2. The average molecular weight is 526 g/mol. The summed E-state index contributed by atoms with van der Waals surface area (Å²) in [4.78, 5) is 14.8. The van der Waals surface area contributed by atoms with Crippen molar-refractivity contribution in [3.05, 3.63) is 94.3 Å². The van der Waals surface area contributed by atoms with E-state index in [4.69, 9.17) is 28.9 Å². The first-order valence-electron chi connectivity index (χ1n) is 9.75. The van der Waals surface area contributed by atoms with Crippen LogP contribution < -0.4 is 10.6 Å². The number of aromatic nitrogens is 1. The zero-order valence-electron chi connectivity index (χ0n) is 17.3. The molecule has 0 aliphatic carbocycles. The van der Waals surface area contributed by atoms with Crippen LogP contribution in [-0.4, -0.2) is 42.7 Å². The van der Waals surface area contributed by atoms with Crippen molar-refractivity contribution in [2.45, 2.75) is 10.1 Å². The minimum Gasteiger partial charge on any atom is -0.465 e. The topological polar surface area (TPSA) is 108 Å². The number of nitrogens with zero attached hydrogens (tertiary/aromatic N) is 1. The quantitative estimate of drug-likeness (QED) is 0.300. The predicted octanol–water partition coefficient (Wildman–Crippen LogP) is 4.11. The van der Waals surface area contributed by atoms with Crippen LogP contribution in [0.5, 0.6) is 0 Å². The maximum absolute atomic E-state index is 14.7. The van der Waals surface area contributed by atoms with Gasteiger partial charge in [-0.25, -0.2) is 22.0 Å². The summed E-state index contributed by atoms with van der Waals surface area (Å²) >= 11 is 11.1. The van der Waals surface area contributed by atoms with E-state index in [2.05, 4.69) is 15.6 Å². The summed E-state index contributed by atoms with van der Waals surface area (Å²) in [7, 11) is -4.26. The third-order valence-corrected chi connectivity index (χ3v) is 7.37. The molecule has 0 saturated carbocycles. The monoisotopic (exact) mass is 525 g/mol. The molecule has 1 heterocycles. The molecule has 1 atom stereocenters. The van der Waals surface area contributed by atoms with Crippen molar-refractivity contribution in [2.24, 2.45) is 0 Å². The molecule has 1 unspecified atom stereocenters. The van der Waals surface area contributed by atoms with Crippen LogP contribution in [0, 0.1) is 11.6 Å². The van der Waals surface area contributed by atoms with Gasteiger partial charge in [-0.05, 0) is 54.6 Å². The normalized spacial score (nSPS) is 12.1. The summed E-state index contributed by atoms with van der Waals surface area (Å²) in [5.74, 6) is -1.71. The van der Waals surface area contributed by atoms with Crippen molar-refractivity contribution in [3.63, 3.8) is 0 Å². The molecule has 3 rings (SSSR count). The third kappa shape index (κ3) is 6.04. The molecule has 0 radical (unpaired) electrons. The molecule has 7 nitrogen and oxygen atoms in total. The molecule has 0 bridgehead atoms. The van der Waals surface area contributed by atoms with Crippen molar-refractivity contribution in [3.8, 4) is 0 Å². The van der Waals surface area contributed by atoms with Crippen molar-refractivity contribution in [1.29, 1.82) is 0 Å². The molecule has 0 aliphatic rings. The Hall–Kier alpha value is -3.15. The second-order valence-corrected chi connectivity index (χ2v) is 9.88. The van der Waals surface area contributed by atoms with Gasteiger partial charge in [0.1, 0.15) is 21.9 Å². The minimum absolute atomic E-state index is 0.0430. The number of amides is 1. The maximum atomic E-state index is 14.7. The number of halogens is 3. The van der Waals surface area contributed by atoms with Gasteiger partial charge >= 0.3 is 6.09 Å². The Morgan fingerprint density at radius 2 is 1.74 bits per heavy atom. The lowest BCUT2D eigenvalue weighted by Gasteiger charge is -2.19. The fourth-order valence-electron chi connectivity index (χ4n) is 3.10. The first-order valence-corrected chi connectivity index (χ1v) is 12.1. The zero-order chi connectivity index (χ0) is 24.9. The van der Waals surface area contributed by atoms with Crippen LogP contribution in [0.2, 0.25) is 5.02 Å². The van der Waals surface area contributed by atoms with Gasteiger partial charge < -0.3 is 15.7 Å². The number of pyridine rings is 1. The van der Waals surface area contributed by atoms with Gasteiger partial charge in [0.2, 0.25) is 0 Å². The van der Waals surface area contributed by atoms with Crippen molar-refractivity contribution in [1.82, 2.24) is 15.6 Å². The zero-order valence-corrected chi connectivity index (χ0v) is 19.7. The fourth-order valence-corrected chi connectivity index (χ4v) is 5.21. The molecule has 34 heavy (non-hydrogen) atoms. The second kappa shape index (κ2) is 10.9. The van der Waals surface area contributed by atoms with E-state index in [1.165, 1.54) is 42.6 Å². The van der Waals surface area contributed by atoms with Crippen LogP contribution in [0.3, 0.4) is 0 Å². The first kappa shape index (κ1) is 25.5. The Balaban J connectivity index is 1.97. The van der Waals surface area contributed by atoms with E-state index >= 15 is 0 Å². The van der Waals surface area contributed by atoms with E-state index in [-0.39, 0.29) is 28.7 Å². The molecule has 3 N–H and O–H groups in total. The highest BCUT2D eigenvalue weighted by Crippen LogP contribution is 2.36. The average Bonchev–Trinajstić information content (AvgIpc) is 2.79. The molecular weight excluding hydrogens is 508 g/mol. The minimum atomic E-state index is -4.26. The second-order valence-electron chi connectivity index (χ2n) is 7.00. The molecule has 12 heteroatoms. The number of sulfone groups is 1. The fraction of sp³-hybridized carbons (Fsp3) is 0.136. The third-order valence-electron chi connectivity index (χ3n) is 4.70. The number of nitrogens with one attached hydrogen (secondary N) is 2. The highest BCUT2D eigenvalue weighted by atomic mass is 35.5. The van der Waals surface area contributed by atoms with Crippen LogP contribution in [0.15, 0.2) is 65.7 Å². The SMILES string of the molecule is O=C(O)NCCNC(=S)c1ccc(C(c2cc(F)ccc2F)S(=O)(=O)c2ccc(Cl)cc2)nc1. The maximum Gasteiger partial charge on any atom is 0.404 e. The smallest absolute Gasteiger partial charge is 0.404 e. The number of carbonyl (C=O) groups is 1. The number of rotatable bonds is 8. The molecular formula is C22H18ClF2N3O4S2. The van der Waals surface area contributed by atoms with Gasteiger partial charge in [0.05, 0.1) is 10.6 Å². The Morgan fingerprint density at radius 1 is 1.06 bits per heavy atom. The van der Waals surface area contributed by atoms with E-state index in [0.717, 1.165) is 18.2 Å². The van der Waals surface area contributed by atoms with E-state index in [0.29, 0.717) is 10.6 Å². The van der Waals surface area contributed by atoms with Gasteiger partial charge in [-0.15, -0.1) is 0 Å². The van der Waals surface area contributed by atoms with Gasteiger partial charge in [0.25, 0.3) is 0 Å². The molecule has 0 spiro atoms. The summed E-state index contributed by atoms with van der Waals surface area (Å²) in [6, 6.07) is 10.7. The number of hydrogen-bond acceptors (Lipinski definition) is 5. The lowest BCUT2D eigenvalue weighted by molar-refractivity contribution is 0.194. The first-order chi connectivity index (χ1) is 16.1. The Morgan fingerprint density at radius 3 is 2.35 bits per heavy atom. The Kier molecular flexibility index (Phi) is 8.13. The molecule has 2 aromatic carbocycles. The number of thiocarbonyl (C=S) groups is 1. The van der Waals surface area contributed by atoms with Crippen LogP contribution in [0.4, 0.5) is 13.6 Å². The van der Waals surface area contributed by atoms with Gasteiger partial charge in [-0.2, -0.15) is 0 Å². The Bertz CT molecular complexity index is 1300. The lowest BCUT2D eigenvalue weighted by atomic mass is 10.1. The largest absolute Gasteiger partial charge is 0.465 e.